The van der Waals surface area contributed by atoms with E-state index in [2.05, 4.69) is 10.5 Å². The molecular weight excluding hydrogens is 222 g/mol. The van der Waals surface area contributed by atoms with Crippen molar-refractivity contribution in [3.05, 3.63) is 30.2 Å². The number of aromatic nitrogens is 1. The molecule has 0 spiro atoms. The summed E-state index contributed by atoms with van der Waals surface area (Å²) in [6.07, 6.45) is 1.52. The maximum Gasteiger partial charge on any atom is 0.273 e. The average molecular weight is 235 g/mol. The molecule has 2 aromatic heterocycles. The minimum Gasteiger partial charge on any atom is -0.461 e. The minimum atomic E-state index is -0.315. The van der Waals surface area contributed by atoms with Crippen LogP contribution in [0.3, 0.4) is 0 Å². The van der Waals surface area contributed by atoms with Crippen molar-refractivity contribution >= 4 is 5.91 Å². The summed E-state index contributed by atoms with van der Waals surface area (Å²) in [5, 5.41) is 6.36. The Morgan fingerprint density at radius 3 is 3.06 bits per heavy atom. The third-order valence-corrected chi connectivity index (χ3v) is 2.24. The van der Waals surface area contributed by atoms with Gasteiger partial charge in [-0.15, -0.1) is 0 Å². The minimum absolute atomic E-state index is 0.105. The number of nitrogens with one attached hydrogen (secondary N) is 1. The molecule has 2 rings (SSSR count). The van der Waals surface area contributed by atoms with Crippen molar-refractivity contribution in [1.82, 2.24) is 10.5 Å². The third kappa shape index (κ3) is 2.54. The van der Waals surface area contributed by atoms with Crippen LogP contribution in [-0.4, -0.2) is 23.7 Å². The van der Waals surface area contributed by atoms with Crippen molar-refractivity contribution in [2.45, 2.75) is 13.0 Å². The Labute approximate surface area is 97.8 Å². The van der Waals surface area contributed by atoms with Crippen LogP contribution in [0.1, 0.15) is 17.4 Å². The number of rotatable bonds is 4. The lowest BCUT2D eigenvalue weighted by molar-refractivity contribution is 0.0932. The highest BCUT2D eigenvalue weighted by atomic mass is 16.5. The lowest BCUT2D eigenvalue weighted by Gasteiger charge is -2.08. The summed E-state index contributed by atoms with van der Waals surface area (Å²) < 4.78 is 10.1. The monoisotopic (exact) mass is 235 g/mol. The number of hydrogen-bond acceptors (Lipinski definition) is 5. The van der Waals surface area contributed by atoms with Crippen LogP contribution in [0.4, 0.5) is 0 Å². The van der Waals surface area contributed by atoms with E-state index in [-0.39, 0.29) is 17.6 Å². The van der Waals surface area contributed by atoms with Gasteiger partial charge in [-0.1, -0.05) is 5.16 Å². The Bertz CT molecular complexity index is 490. The SMILES string of the molecule is C[C@@H](CN)NC(=O)c1cc(-c2ccco2)on1. The lowest BCUT2D eigenvalue weighted by Crippen LogP contribution is -2.37. The van der Waals surface area contributed by atoms with Gasteiger partial charge in [-0.3, -0.25) is 4.79 Å². The van der Waals surface area contributed by atoms with Crippen LogP contribution in [0.5, 0.6) is 0 Å². The molecule has 6 nitrogen and oxygen atoms in total. The highest BCUT2D eigenvalue weighted by Gasteiger charge is 2.16. The zero-order chi connectivity index (χ0) is 12.3. The molecule has 6 heteroatoms. The second-order valence-electron chi connectivity index (χ2n) is 3.66. The molecule has 0 aliphatic heterocycles. The molecule has 2 heterocycles. The van der Waals surface area contributed by atoms with E-state index >= 15 is 0 Å². The summed E-state index contributed by atoms with van der Waals surface area (Å²) >= 11 is 0. The molecule has 90 valence electrons. The number of nitrogens with two attached hydrogens (primary N) is 1. The Hall–Kier alpha value is -2.08. The van der Waals surface area contributed by atoms with Gasteiger partial charge in [-0.05, 0) is 19.1 Å². The van der Waals surface area contributed by atoms with E-state index in [1.807, 2.05) is 6.92 Å². The maximum atomic E-state index is 11.7. The fourth-order valence-corrected chi connectivity index (χ4v) is 1.27. The fraction of sp³-hybridized carbons (Fsp3) is 0.273. The van der Waals surface area contributed by atoms with Crippen molar-refractivity contribution in [2.75, 3.05) is 6.54 Å². The molecule has 0 aliphatic carbocycles. The standard InChI is InChI=1S/C11H13N3O3/c1-7(6-12)13-11(15)8-5-10(17-14-8)9-3-2-4-16-9/h2-5,7H,6,12H2,1H3,(H,13,15)/t7-/m0/s1. The van der Waals surface area contributed by atoms with Crippen LogP contribution in [0.25, 0.3) is 11.5 Å². The number of hydrogen-bond donors (Lipinski definition) is 2. The first-order valence-corrected chi connectivity index (χ1v) is 5.22. The molecular formula is C11H13N3O3. The van der Waals surface area contributed by atoms with Gasteiger partial charge in [0.2, 0.25) is 5.76 Å². The third-order valence-electron chi connectivity index (χ3n) is 2.24. The number of furan rings is 1. The van der Waals surface area contributed by atoms with E-state index in [9.17, 15) is 4.79 Å². The molecule has 2 aromatic rings. The van der Waals surface area contributed by atoms with Crippen molar-refractivity contribution in [3.63, 3.8) is 0 Å². The first kappa shape index (κ1) is 11.4. The van der Waals surface area contributed by atoms with E-state index in [0.29, 0.717) is 18.1 Å². The molecule has 3 N–H and O–H groups in total. The van der Waals surface area contributed by atoms with Crippen LogP contribution in [0.2, 0.25) is 0 Å². The smallest absolute Gasteiger partial charge is 0.273 e. The molecule has 1 atom stereocenters. The Morgan fingerprint density at radius 2 is 2.41 bits per heavy atom. The van der Waals surface area contributed by atoms with Crippen LogP contribution < -0.4 is 11.1 Å². The summed E-state index contributed by atoms with van der Waals surface area (Å²) in [4.78, 5) is 11.7. The average Bonchev–Trinajstić information content (AvgIpc) is 2.98. The van der Waals surface area contributed by atoms with Gasteiger partial charge >= 0.3 is 0 Å². The number of carbonyl (C=O) groups is 1. The molecule has 0 radical (unpaired) electrons. The quantitative estimate of drug-likeness (QED) is 0.824. The number of nitrogens with zero attached hydrogens (tertiary/aromatic N) is 1. The first-order valence-electron chi connectivity index (χ1n) is 5.22. The largest absolute Gasteiger partial charge is 0.461 e. The van der Waals surface area contributed by atoms with Gasteiger partial charge in [-0.2, -0.15) is 0 Å². The Morgan fingerprint density at radius 1 is 1.59 bits per heavy atom. The van der Waals surface area contributed by atoms with Crippen LogP contribution in [0.15, 0.2) is 33.4 Å². The van der Waals surface area contributed by atoms with Crippen molar-refractivity contribution in [2.24, 2.45) is 5.73 Å². The van der Waals surface area contributed by atoms with Gasteiger partial charge in [0.1, 0.15) is 0 Å². The molecule has 0 bridgehead atoms. The summed E-state index contributed by atoms with van der Waals surface area (Å²) in [6.45, 7) is 2.18. The summed E-state index contributed by atoms with van der Waals surface area (Å²) in [7, 11) is 0. The maximum absolute atomic E-state index is 11.7. The second-order valence-corrected chi connectivity index (χ2v) is 3.66. The van der Waals surface area contributed by atoms with Gasteiger partial charge < -0.3 is 20.0 Å². The van der Waals surface area contributed by atoms with E-state index in [1.54, 1.807) is 12.1 Å². The van der Waals surface area contributed by atoms with Crippen LogP contribution >= 0.6 is 0 Å². The summed E-state index contributed by atoms with van der Waals surface area (Å²) in [6, 6.07) is 4.88. The Balaban J connectivity index is 2.11. The zero-order valence-electron chi connectivity index (χ0n) is 9.34. The van der Waals surface area contributed by atoms with Crippen molar-refractivity contribution in [3.8, 4) is 11.5 Å². The number of amides is 1. The zero-order valence-corrected chi connectivity index (χ0v) is 9.34. The number of carbonyl (C=O) groups excluding carboxylic acids is 1. The second kappa shape index (κ2) is 4.84. The predicted molar refractivity (Wildman–Crippen MR) is 60.2 cm³/mol. The van der Waals surface area contributed by atoms with E-state index in [4.69, 9.17) is 14.7 Å². The molecule has 0 saturated carbocycles. The van der Waals surface area contributed by atoms with E-state index in [0.717, 1.165) is 0 Å². The fourth-order valence-electron chi connectivity index (χ4n) is 1.27. The van der Waals surface area contributed by atoms with Gasteiger partial charge in [0, 0.05) is 18.7 Å². The summed E-state index contributed by atoms with van der Waals surface area (Å²) in [5.74, 6) is 0.633. The van der Waals surface area contributed by atoms with E-state index in [1.165, 1.54) is 12.3 Å². The lowest BCUT2D eigenvalue weighted by atomic mass is 10.3. The van der Waals surface area contributed by atoms with E-state index < -0.39 is 0 Å². The molecule has 0 unspecified atom stereocenters. The van der Waals surface area contributed by atoms with Crippen LogP contribution in [0, 0.1) is 0 Å². The van der Waals surface area contributed by atoms with Gasteiger partial charge in [0.15, 0.2) is 11.5 Å². The highest BCUT2D eigenvalue weighted by Crippen LogP contribution is 2.20. The molecule has 0 saturated heterocycles. The van der Waals surface area contributed by atoms with Gasteiger partial charge in [0.05, 0.1) is 6.26 Å². The van der Waals surface area contributed by atoms with Crippen molar-refractivity contribution < 1.29 is 13.7 Å². The molecule has 0 fully saturated rings. The molecule has 17 heavy (non-hydrogen) atoms. The first-order chi connectivity index (χ1) is 8.20. The summed E-state index contributed by atoms with van der Waals surface area (Å²) in [5.41, 5.74) is 5.61. The molecule has 0 aliphatic rings. The topological polar surface area (TPSA) is 94.3 Å². The van der Waals surface area contributed by atoms with Gasteiger partial charge in [0.25, 0.3) is 5.91 Å². The normalized spacial score (nSPS) is 12.4. The van der Waals surface area contributed by atoms with Crippen LogP contribution in [-0.2, 0) is 0 Å². The molecule has 1 amide bonds. The predicted octanol–water partition coefficient (Wildman–Crippen LogP) is 1.01. The Kier molecular flexibility index (Phi) is 3.24. The molecule has 0 aromatic carbocycles. The van der Waals surface area contributed by atoms with Crippen molar-refractivity contribution in [1.29, 1.82) is 0 Å². The highest BCUT2D eigenvalue weighted by molar-refractivity contribution is 5.93. The van der Waals surface area contributed by atoms with Gasteiger partial charge in [-0.25, -0.2) is 0 Å².